The van der Waals surface area contributed by atoms with Gasteiger partial charge in [0.2, 0.25) is 0 Å². The maximum atomic E-state index is 4.95. The van der Waals surface area contributed by atoms with Crippen LogP contribution in [0.1, 0.15) is 0 Å². The molecule has 0 saturated carbocycles. The van der Waals surface area contributed by atoms with Crippen molar-refractivity contribution in [2.24, 2.45) is 0 Å². The molecule has 8 rings (SSSR count). The minimum absolute atomic E-state index is 0.634. The lowest BCUT2D eigenvalue weighted by Crippen LogP contribution is -2.01. The number of para-hydroxylation sites is 1. The Morgan fingerprint density at radius 1 is 0.439 bits per heavy atom. The summed E-state index contributed by atoms with van der Waals surface area (Å²) in [5.41, 5.74) is 7.13. The zero-order chi connectivity index (χ0) is 27.2. The van der Waals surface area contributed by atoms with Gasteiger partial charge in [-0.25, -0.2) is 15.0 Å². The monoisotopic (exact) mass is 525 g/mol. The summed E-state index contributed by atoms with van der Waals surface area (Å²) in [4.78, 5) is 19.4. The molecule has 0 unspecified atom stereocenters. The molecule has 0 saturated heterocycles. The molecule has 0 aliphatic carbocycles. The smallest absolute Gasteiger partial charge is 0.164 e. The standard InChI is InChI=1S/C36H23N5/c1-3-11-24(12-4-1)34-38-35(25-13-5-2-6-14-25)40-36(39-34)26-15-9-16-27(23-26)41-31-19-8-7-17-29(31)33-28-18-10-22-37-30(28)20-21-32(33)41/h1-23H. The fourth-order valence-electron chi connectivity index (χ4n) is 5.62. The molecule has 0 radical (unpaired) electrons. The minimum Gasteiger partial charge on any atom is -0.309 e. The summed E-state index contributed by atoms with van der Waals surface area (Å²) in [6.45, 7) is 0. The maximum Gasteiger partial charge on any atom is 0.164 e. The van der Waals surface area contributed by atoms with Crippen molar-refractivity contribution in [2.45, 2.75) is 0 Å². The van der Waals surface area contributed by atoms with Crippen molar-refractivity contribution in [3.63, 3.8) is 0 Å². The Labute approximate surface area is 236 Å². The lowest BCUT2D eigenvalue weighted by atomic mass is 10.1. The third kappa shape index (κ3) is 3.95. The second kappa shape index (κ2) is 9.50. The highest BCUT2D eigenvalue weighted by molar-refractivity contribution is 6.20. The lowest BCUT2D eigenvalue weighted by molar-refractivity contribution is 1.07. The van der Waals surface area contributed by atoms with Crippen molar-refractivity contribution in [3.8, 4) is 39.9 Å². The Morgan fingerprint density at radius 3 is 1.78 bits per heavy atom. The first-order chi connectivity index (χ1) is 20.3. The van der Waals surface area contributed by atoms with E-state index < -0.39 is 0 Å². The van der Waals surface area contributed by atoms with Gasteiger partial charge in [-0.15, -0.1) is 0 Å². The Bertz CT molecular complexity index is 2140. The largest absolute Gasteiger partial charge is 0.309 e. The summed E-state index contributed by atoms with van der Waals surface area (Å²) in [6.07, 6.45) is 1.85. The van der Waals surface area contributed by atoms with Crippen molar-refractivity contribution >= 4 is 32.7 Å². The number of benzene rings is 5. The fraction of sp³-hybridized carbons (Fsp3) is 0. The first-order valence-electron chi connectivity index (χ1n) is 13.6. The fourth-order valence-corrected chi connectivity index (χ4v) is 5.62. The van der Waals surface area contributed by atoms with E-state index in [0.29, 0.717) is 17.5 Å². The highest BCUT2D eigenvalue weighted by Crippen LogP contribution is 2.37. The molecular weight excluding hydrogens is 502 g/mol. The predicted octanol–water partition coefficient (Wildman–Crippen LogP) is 8.52. The lowest BCUT2D eigenvalue weighted by Gasteiger charge is -2.11. The van der Waals surface area contributed by atoms with Crippen LogP contribution in [0.2, 0.25) is 0 Å². The van der Waals surface area contributed by atoms with Gasteiger partial charge in [0.15, 0.2) is 17.5 Å². The zero-order valence-corrected chi connectivity index (χ0v) is 22.0. The molecule has 192 valence electrons. The van der Waals surface area contributed by atoms with Crippen LogP contribution in [0.15, 0.2) is 140 Å². The molecule has 3 heterocycles. The van der Waals surface area contributed by atoms with Crippen LogP contribution in [-0.2, 0) is 0 Å². The Balaban J connectivity index is 1.35. The van der Waals surface area contributed by atoms with Gasteiger partial charge >= 0.3 is 0 Å². The molecule has 5 nitrogen and oxygen atoms in total. The summed E-state index contributed by atoms with van der Waals surface area (Å²) in [6, 6.07) is 45.5. The van der Waals surface area contributed by atoms with E-state index in [-0.39, 0.29) is 0 Å². The number of hydrogen-bond donors (Lipinski definition) is 0. The van der Waals surface area contributed by atoms with Crippen LogP contribution in [0.5, 0.6) is 0 Å². The van der Waals surface area contributed by atoms with E-state index in [1.54, 1.807) is 0 Å². The van der Waals surface area contributed by atoms with Crippen molar-refractivity contribution in [2.75, 3.05) is 0 Å². The third-order valence-corrected chi connectivity index (χ3v) is 7.48. The average molecular weight is 526 g/mol. The molecule has 0 atom stereocenters. The molecule has 0 N–H and O–H groups in total. The number of pyridine rings is 1. The number of nitrogens with zero attached hydrogens (tertiary/aromatic N) is 5. The van der Waals surface area contributed by atoms with Gasteiger partial charge in [0.05, 0.1) is 16.6 Å². The number of aromatic nitrogens is 5. The van der Waals surface area contributed by atoms with Crippen LogP contribution < -0.4 is 0 Å². The molecule has 0 aliphatic rings. The summed E-state index contributed by atoms with van der Waals surface area (Å²) in [5, 5.41) is 3.55. The first-order valence-corrected chi connectivity index (χ1v) is 13.6. The quantitative estimate of drug-likeness (QED) is 0.231. The minimum atomic E-state index is 0.634. The Hall–Kier alpha value is -5.68. The highest BCUT2D eigenvalue weighted by Gasteiger charge is 2.17. The third-order valence-electron chi connectivity index (χ3n) is 7.48. The maximum absolute atomic E-state index is 4.95. The molecule has 3 aromatic heterocycles. The zero-order valence-electron chi connectivity index (χ0n) is 22.0. The van der Waals surface area contributed by atoms with Gasteiger partial charge in [-0.1, -0.05) is 97.1 Å². The molecule has 5 heteroatoms. The molecule has 0 aliphatic heterocycles. The molecule has 41 heavy (non-hydrogen) atoms. The number of hydrogen-bond acceptors (Lipinski definition) is 4. The molecular formula is C36H23N5. The number of fused-ring (bicyclic) bond motifs is 5. The molecule has 0 bridgehead atoms. The molecule has 0 spiro atoms. The second-order valence-corrected chi connectivity index (χ2v) is 9.97. The van der Waals surface area contributed by atoms with E-state index in [2.05, 4.69) is 76.3 Å². The topological polar surface area (TPSA) is 56.5 Å². The van der Waals surface area contributed by atoms with E-state index in [4.69, 9.17) is 15.0 Å². The van der Waals surface area contributed by atoms with Crippen LogP contribution in [0.4, 0.5) is 0 Å². The van der Waals surface area contributed by atoms with Crippen LogP contribution in [0.3, 0.4) is 0 Å². The van der Waals surface area contributed by atoms with E-state index in [1.807, 2.05) is 72.9 Å². The van der Waals surface area contributed by atoms with Crippen LogP contribution in [0, 0.1) is 0 Å². The Kier molecular flexibility index (Phi) is 5.38. The van der Waals surface area contributed by atoms with E-state index in [1.165, 1.54) is 10.8 Å². The molecule has 0 amide bonds. The van der Waals surface area contributed by atoms with Gasteiger partial charge in [-0.2, -0.15) is 0 Å². The summed E-state index contributed by atoms with van der Waals surface area (Å²) in [5.74, 6) is 1.93. The van der Waals surface area contributed by atoms with Crippen molar-refractivity contribution in [3.05, 3.63) is 140 Å². The van der Waals surface area contributed by atoms with Crippen molar-refractivity contribution in [1.29, 1.82) is 0 Å². The predicted molar refractivity (Wildman–Crippen MR) is 166 cm³/mol. The van der Waals surface area contributed by atoms with Gasteiger partial charge in [-0.3, -0.25) is 4.98 Å². The molecule has 8 aromatic rings. The summed E-state index contributed by atoms with van der Waals surface area (Å²) in [7, 11) is 0. The Morgan fingerprint density at radius 2 is 1.05 bits per heavy atom. The average Bonchev–Trinajstić information content (AvgIpc) is 3.40. The van der Waals surface area contributed by atoms with Gasteiger partial charge in [0.25, 0.3) is 0 Å². The number of rotatable bonds is 4. The van der Waals surface area contributed by atoms with Gasteiger partial charge in [0, 0.05) is 44.7 Å². The normalized spacial score (nSPS) is 11.4. The second-order valence-electron chi connectivity index (χ2n) is 9.97. The van der Waals surface area contributed by atoms with Crippen molar-refractivity contribution in [1.82, 2.24) is 24.5 Å². The highest BCUT2D eigenvalue weighted by atomic mass is 15.0. The van der Waals surface area contributed by atoms with E-state index in [0.717, 1.165) is 44.3 Å². The molecule has 0 fully saturated rings. The summed E-state index contributed by atoms with van der Waals surface area (Å²) < 4.78 is 2.32. The van der Waals surface area contributed by atoms with E-state index >= 15 is 0 Å². The van der Waals surface area contributed by atoms with Gasteiger partial charge in [0.1, 0.15) is 0 Å². The van der Waals surface area contributed by atoms with Crippen LogP contribution in [0.25, 0.3) is 72.6 Å². The van der Waals surface area contributed by atoms with E-state index in [9.17, 15) is 0 Å². The summed E-state index contributed by atoms with van der Waals surface area (Å²) >= 11 is 0. The molecule has 5 aromatic carbocycles. The van der Waals surface area contributed by atoms with Crippen LogP contribution in [-0.4, -0.2) is 24.5 Å². The first kappa shape index (κ1) is 23.2. The van der Waals surface area contributed by atoms with Gasteiger partial charge < -0.3 is 4.57 Å². The van der Waals surface area contributed by atoms with Crippen LogP contribution >= 0.6 is 0 Å². The van der Waals surface area contributed by atoms with Crippen molar-refractivity contribution < 1.29 is 0 Å². The SMILES string of the molecule is c1ccc(-c2nc(-c3ccccc3)nc(-c3cccc(-n4c5ccccc5c5c6cccnc6ccc54)c3)n2)cc1. The van der Waals surface area contributed by atoms with Gasteiger partial charge in [-0.05, 0) is 36.4 Å².